The molecule has 0 heterocycles. The molecule has 230 valence electrons. The van der Waals surface area contributed by atoms with Gasteiger partial charge in [-0.2, -0.15) is 0 Å². The van der Waals surface area contributed by atoms with Gasteiger partial charge in [0.15, 0.2) is 0 Å². The summed E-state index contributed by atoms with van der Waals surface area (Å²) >= 11 is 6.12. The second-order valence-corrected chi connectivity index (χ2v) is 12.4. The van der Waals surface area contributed by atoms with Crippen LogP contribution in [-0.2, 0) is 39.1 Å². The Morgan fingerprint density at radius 1 is 0.841 bits per heavy atom. The van der Waals surface area contributed by atoms with E-state index in [1.165, 1.54) is 12.1 Å². The number of carbonyl (C=O) groups excluding carboxylic acids is 2. The van der Waals surface area contributed by atoms with Crippen molar-refractivity contribution in [1.29, 1.82) is 0 Å². The molecule has 8 nitrogen and oxygen atoms in total. The second-order valence-electron chi connectivity index (χ2n) is 10.2. The maximum absolute atomic E-state index is 14.0. The number of sulfonamides is 1. The summed E-state index contributed by atoms with van der Waals surface area (Å²) in [7, 11) is -1.98. The fourth-order valence-electron chi connectivity index (χ4n) is 4.75. The number of rotatable bonds is 14. The Bertz CT molecular complexity index is 1630. The Balaban J connectivity index is 1.59. The Kier molecular flexibility index (Phi) is 11.5. The summed E-state index contributed by atoms with van der Waals surface area (Å²) in [6.07, 6.45) is 0.481. The van der Waals surface area contributed by atoms with Gasteiger partial charge in [0.2, 0.25) is 21.8 Å². The average Bonchev–Trinajstić information content (AvgIpc) is 3.04. The third kappa shape index (κ3) is 8.92. The van der Waals surface area contributed by atoms with Crippen LogP contribution in [0.2, 0.25) is 5.02 Å². The molecule has 44 heavy (non-hydrogen) atoms. The van der Waals surface area contributed by atoms with Crippen molar-refractivity contribution in [2.75, 3.05) is 13.7 Å². The molecule has 1 atom stereocenters. The Morgan fingerprint density at radius 3 is 2.07 bits per heavy atom. The van der Waals surface area contributed by atoms with E-state index in [2.05, 4.69) is 10.0 Å². The zero-order valence-corrected chi connectivity index (χ0v) is 26.3. The molecule has 0 fully saturated rings. The van der Waals surface area contributed by atoms with Crippen molar-refractivity contribution < 1.29 is 22.7 Å². The van der Waals surface area contributed by atoms with Crippen LogP contribution in [0.4, 0.5) is 0 Å². The summed E-state index contributed by atoms with van der Waals surface area (Å²) in [5.41, 5.74) is 3.20. The zero-order valence-electron chi connectivity index (χ0n) is 24.7. The zero-order chi connectivity index (χ0) is 31.5. The maximum Gasteiger partial charge on any atom is 0.247 e. The lowest BCUT2D eigenvalue weighted by Gasteiger charge is -2.32. The minimum Gasteiger partial charge on any atom is -0.497 e. The maximum atomic E-state index is 14.0. The molecule has 2 amide bonds. The summed E-state index contributed by atoms with van der Waals surface area (Å²) < 4.78 is 32.3. The van der Waals surface area contributed by atoms with E-state index in [4.69, 9.17) is 16.3 Å². The first kappa shape index (κ1) is 32.7. The fourth-order valence-corrected chi connectivity index (χ4v) is 5.92. The number of hydrogen-bond donors (Lipinski definition) is 2. The fraction of sp³-hybridized carbons (Fsp3) is 0.235. The molecule has 2 N–H and O–H groups in total. The molecule has 10 heteroatoms. The molecule has 0 saturated heterocycles. The molecule has 4 aromatic rings. The van der Waals surface area contributed by atoms with Crippen molar-refractivity contribution in [3.05, 3.63) is 130 Å². The molecular weight excluding hydrogens is 598 g/mol. The van der Waals surface area contributed by atoms with Crippen molar-refractivity contribution in [1.82, 2.24) is 14.9 Å². The van der Waals surface area contributed by atoms with Crippen LogP contribution in [0.3, 0.4) is 0 Å². The summed E-state index contributed by atoms with van der Waals surface area (Å²) in [5, 5.41) is 3.58. The molecule has 0 aliphatic rings. The van der Waals surface area contributed by atoms with Gasteiger partial charge in [0, 0.05) is 31.1 Å². The topological polar surface area (TPSA) is 105 Å². The van der Waals surface area contributed by atoms with Crippen molar-refractivity contribution in [2.24, 2.45) is 0 Å². The number of nitrogens with zero attached hydrogens (tertiary/aromatic N) is 1. The molecule has 0 unspecified atom stereocenters. The number of carbonyl (C=O) groups is 2. The highest BCUT2D eigenvalue weighted by molar-refractivity contribution is 7.89. The average molecular weight is 634 g/mol. The number of aryl methyl sites for hydroxylation is 1. The summed E-state index contributed by atoms with van der Waals surface area (Å²) in [4.78, 5) is 29.6. The monoisotopic (exact) mass is 633 g/mol. The molecule has 0 saturated carbocycles. The Morgan fingerprint density at radius 2 is 1.45 bits per heavy atom. The molecule has 0 bridgehead atoms. The standard InChI is InChI=1S/C34H36ClN3O5S/c1-3-37-44(41,42)31-20-13-25(14-21-31)15-22-32(39)38(24-27-9-16-29(35)17-10-27)33(28-7-5-4-6-8-28)34(40)36-23-26-11-18-30(43-2)19-12-26/h4-14,16-21,33,37H,3,15,22-24H2,1-2H3,(H,36,40)/t33-/m0/s1. The molecule has 0 radical (unpaired) electrons. The van der Waals surface area contributed by atoms with E-state index in [0.717, 1.165) is 22.4 Å². The van der Waals surface area contributed by atoms with Crippen LogP contribution in [0.5, 0.6) is 5.75 Å². The van der Waals surface area contributed by atoms with Gasteiger partial charge in [-0.3, -0.25) is 9.59 Å². The van der Waals surface area contributed by atoms with Crippen LogP contribution in [0.25, 0.3) is 0 Å². The van der Waals surface area contributed by atoms with Crippen LogP contribution >= 0.6 is 11.6 Å². The van der Waals surface area contributed by atoms with E-state index in [-0.39, 0.29) is 42.8 Å². The highest BCUT2D eigenvalue weighted by Crippen LogP contribution is 2.26. The summed E-state index contributed by atoms with van der Waals surface area (Å²) in [6.45, 7) is 2.47. The van der Waals surface area contributed by atoms with Gasteiger partial charge in [0.1, 0.15) is 11.8 Å². The Labute approximate surface area is 264 Å². The number of amides is 2. The number of nitrogens with one attached hydrogen (secondary N) is 2. The van der Waals surface area contributed by atoms with Gasteiger partial charge in [0.05, 0.1) is 12.0 Å². The smallest absolute Gasteiger partial charge is 0.247 e. The SMILES string of the molecule is CCNS(=O)(=O)c1ccc(CCC(=O)N(Cc2ccc(Cl)cc2)[C@H](C(=O)NCc2ccc(OC)cc2)c2ccccc2)cc1. The van der Waals surface area contributed by atoms with Gasteiger partial charge in [-0.25, -0.2) is 13.1 Å². The normalized spacial score (nSPS) is 11.9. The van der Waals surface area contributed by atoms with Crippen LogP contribution in [-0.4, -0.2) is 38.8 Å². The second kappa shape index (κ2) is 15.5. The predicted octanol–water partition coefficient (Wildman–Crippen LogP) is 5.67. The first-order valence-electron chi connectivity index (χ1n) is 14.3. The van der Waals surface area contributed by atoms with E-state index in [9.17, 15) is 18.0 Å². The lowest BCUT2D eigenvalue weighted by Crippen LogP contribution is -2.43. The van der Waals surface area contributed by atoms with Crippen molar-refractivity contribution >= 4 is 33.4 Å². The number of methoxy groups -OCH3 is 1. The number of halogens is 1. The van der Waals surface area contributed by atoms with Crippen molar-refractivity contribution in [3.8, 4) is 5.75 Å². The van der Waals surface area contributed by atoms with Crippen molar-refractivity contribution in [2.45, 2.75) is 43.8 Å². The molecule has 0 aliphatic heterocycles. The molecular formula is C34H36ClN3O5S. The van der Waals surface area contributed by atoms with Gasteiger partial charge in [-0.1, -0.05) is 85.3 Å². The third-order valence-corrected chi connectivity index (χ3v) is 8.90. The van der Waals surface area contributed by atoms with Crippen molar-refractivity contribution in [3.63, 3.8) is 0 Å². The van der Waals surface area contributed by atoms with Crippen LogP contribution < -0.4 is 14.8 Å². The molecule has 4 rings (SSSR count). The van der Waals surface area contributed by atoms with Gasteiger partial charge in [0.25, 0.3) is 0 Å². The lowest BCUT2D eigenvalue weighted by molar-refractivity contribution is -0.141. The highest BCUT2D eigenvalue weighted by Gasteiger charge is 2.31. The van der Waals surface area contributed by atoms with E-state index in [1.54, 1.807) is 43.2 Å². The Hall–Kier alpha value is -4.18. The first-order valence-corrected chi connectivity index (χ1v) is 16.1. The quantitative estimate of drug-likeness (QED) is 0.186. The number of benzene rings is 4. The van der Waals surface area contributed by atoms with E-state index >= 15 is 0 Å². The molecule has 0 aromatic heterocycles. The van der Waals surface area contributed by atoms with Crippen LogP contribution in [0, 0.1) is 0 Å². The number of hydrogen-bond acceptors (Lipinski definition) is 5. The summed E-state index contributed by atoms with van der Waals surface area (Å²) in [5.74, 6) is 0.181. The van der Waals surface area contributed by atoms with Crippen LogP contribution in [0.15, 0.2) is 108 Å². The molecule has 4 aromatic carbocycles. The summed E-state index contributed by atoms with van der Waals surface area (Å²) in [6, 6.07) is 29.4. The van der Waals surface area contributed by atoms with Gasteiger partial charge >= 0.3 is 0 Å². The minimum atomic E-state index is -3.58. The number of ether oxygens (including phenoxy) is 1. The highest BCUT2D eigenvalue weighted by atomic mass is 35.5. The lowest BCUT2D eigenvalue weighted by atomic mass is 10.0. The molecule has 0 spiro atoms. The largest absolute Gasteiger partial charge is 0.497 e. The van der Waals surface area contributed by atoms with E-state index in [0.29, 0.717) is 17.0 Å². The predicted molar refractivity (Wildman–Crippen MR) is 172 cm³/mol. The first-order chi connectivity index (χ1) is 21.2. The van der Waals surface area contributed by atoms with Gasteiger partial charge in [-0.15, -0.1) is 0 Å². The minimum absolute atomic E-state index is 0.113. The van der Waals surface area contributed by atoms with Gasteiger partial charge in [-0.05, 0) is 65.1 Å². The van der Waals surface area contributed by atoms with Gasteiger partial charge < -0.3 is 15.0 Å². The third-order valence-electron chi connectivity index (χ3n) is 7.08. The molecule has 0 aliphatic carbocycles. The van der Waals surface area contributed by atoms with E-state index in [1.807, 2.05) is 66.7 Å². The van der Waals surface area contributed by atoms with Crippen LogP contribution in [0.1, 0.15) is 41.6 Å². The van der Waals surface area contributed by atoms with E-state index < -0.39 is 16.1 Å².